The van der Waals surface area contributed by atoms with Crippen molar-refractivity contribution in [3.05, 3.63) is 17.8 Å². The van der Waals surface area contributed by atoms with Gasteiger partial charge in [-0.1, -0.05) is 0 Å². The van der Waals surface area contributed by atoms with E-state index in [4.69, 9.17) is 9.47 Å². The predicted octanol–water partition coefficient (Wildman–Crippen LogP) is 0.885. The second-order valence-corrected chi connectivity index (χ2v) is 2.43. The third kappa shape index (κ3) is 1.93. The van der Waals surface area contributed by atoms with E-state index in [-0.39, 0.29) is 0 Å². The van der Waals surface area contributed by atoms with Crippen LogP contribution in [0.2, 0.25) is 0 Å². The summed E-state index contributed by atoms with van der Waals surface area (Å²) >= 11 is 0. The number of nitrogens with zero attached hydrogens (tertiary/aromatic N) is 1. The maximum absolute atomic E-state index is 11.1. The van der Waals surface area contributed by atoms with Gasteiger partial charge in [0.25, 0.3) is 5.88 Å². The number of carbonyl (C=O) groups excluding carboxylic acids is 1. The fraction of sp³-hybridized carbons (Fsp3) is 0.333. The highest BCUT2D eigenvalue weighted by Crippen LogP contribution is 2.24. The van der Waals surface area contributed by atoms with Crippen molar-refractivity contribution in [1.29, 1.82) is 0 Å². The Labute approximate surface area is 81.6 Å². The van der Waals surface area contributed by atoms with E-state index in [1.807, 2.05) is 0 Å². The lowest BCUT2D eigenvalue weighted by Gasteiger charge is -2.06. The molecule has 0 aliphatic carbocycles. The minimum atomic E-state index is -0.460. The molecular weight excluding hydrogens is 186 g/mol. The molecule has 14 heavy (non-hydrogen) atoms. The van der Waals surface area contributed by atoms with Gasteiger partial charge in [-0.25, -0.2) is 9.78 Å². The Morgan fingerprint density at radius 3 is 2.50 bits per heavy atom. The highest BCUT2D eigenvalue weighted by atomic mass is 16.5. The Morgan fingerprint density at radius 2 is 2.00 bits per heavy atom. The lowest BCUT2D eigenvalue weighted by atomic mass is 10.3. The highest BCUT2D eigenvalue weighted by molar-refractivity contribution is 5.89. The molecule has 0 saturated carbocycles. The second kappa shape index (κ2) is 4.45. The highest BCUT2D eigenvalue weighted by Gasteiger charge is 2.11. The van der Waals surface area contributed by atoms with E-state index in [1.165, 1.54) is 33.6 Å². The van der Waals surface area contributed by atoms with Crippen LogP contribution in [0.5, 0.6) is 11.6 Å². The molecule has 0 aliphatic heterocycles. The van der Waals surface area contributed by atoms with E-state index in [9.17, 15) is 4.79 Å². The van der Waals surface area contributed by atoms with E-state index >= 15 is 0 Å². The molecule has 0 bridgehead atoms. The standard InChI is InChI=1S/C9H11NO4/c1-12-7-4-6(9(11)14-3)5-10-8(7)13-2/h4-5H,1-3H3. The molecule has 0 unspecified atom stereocenters. The first-order chi connectivity index (χ1) is 6.72. The number of aromatic nitrogens is 1. The van der Waals surface area contributed by atoms with Crippen molar-refractivity contribution >= 4 is 5.97 Å². The number of carbonyl (C=O) groups is 1. The van der Waals surface area contributed by atoms with E-state index in [0.29, 0.717) is 17.2 Å². The van der Waals surface area contributed by atoms with Crippen LogP contribution in [-0.4, -0.2) is 32.3 Å². The largest absolute Gasteiger partial charge is 0.491 e. The van der Waals surface area contributed by atoms with Gasteiger partial charge in [0.2, 0.25) is 0 Å². The van der Waals surface area contributed by atoms with Crippen molar-refractivity contribution in [2.45, 2.75) is 0 Å². The van der Waals surface area contributed by atoms with Gasteiger partial charge in [-0.3, -0.25) is 0 Å². The van der Waals surface area contributed by atoms with Crippen molar-refractivity contribution in [1.82, 2.24) is 4.98 Å². The van der Waals surface area contributed by atoms with Crippen LogP contribution in [0.4, 0.5) is 0 Å². The molecule has 0 saturated heterocycles. The number of methoxy groups -OCH3 is 3. The summed E-state index contributed by atoms with van der Waals surface area (Å²) < 4.78 is 14.4. The van der Waals surface area contributed by atoms with Crippen molar-refractivity contribution < 1.29 is 19.0 Å². The molecule has 76 valence electrons. The molecule has 0 aliphatic rings. The van der Waals surface area contributed by atoms with Gasteiger partial charge in [-0.15, -0.1) is 0 Å². The SMILES string of the molecule is COC(=O)c1cnc(OC)c(OC)c1. The van der Waals surface area contributed by atoms with Gasteiger partial charge in [-0.05, 0) is 0 Å². The molecule has 1 rings (SSSR count). The van der Waals surface area contributed by atoms with Crippen molar-refractivity contribution in [3.63, 3.8) is 0 Å². The molecule has 1 aromatic rings. The number of hydrogen-bond donors (Lipinski definition) is 0. The molecule has 1 heterocycles. The maximum Gasteiger partial charge on any atom is 0.339 e. The summed E-state index contributed by atoms with van der Waals surface area (Å²) in [6.45, 7) is 0. The Balaban J connectivity index is 3.07. The molecule has 0 N–H and O–H groups in total. The van der Waals surface area contributed by atoms with E-state index in [1.54, 1.807) is 0 Å². The number of rotatable bonds is 3. The molecule has 1 aromatic heterocycles. The molecule has 0 amide bonds. The van der Waals surface area contributed by atoms with E-state index in [2.05, 4.69) is 9.72 Å². The molecule has 0 spiro atoms. The zero-order chi connectivity index (χ0) is 10.6. The topological polar surface area (TPSA) is 57.7 Å². The van der Waals surface area contributed by atoms with Gasteiger partial charge >= 0.3 is 5.97 Å². The van der Waals surface area contributed by atoms with Crippen molar-refractivity contribution in [2.24, 2.45) is 0 Å². The van der Waals surface area contributed by atoms with Crippen LogP contribution in [0.1, 0.15) is 10.4 Å². The first kappa shape index (κ1) is 10.3. The Bertz CT molecular complexity index is 338. The average molecular weight is 197 g/mol. The Hall–Kier alpha value is -1.78. The zero-order valence-electron chi connectivity index (χ0n) is 8.23. The Kier molecular flexibility index (Phi) is 3.28. The van der Waals surface area contributed by atoms with Crippen molar-refractivity contribution in [2.75, 3.05) is 21.3 Å². The van der Waals surface area contributed by atoms with Gasteiger partial charge < -0.3 is 14.2 Å². The van der Waals surface area contributed by atoms with Gasteiger partial charge in [0.15, 0.2) is 5.75 Å². The third-order valence-electron chi connectivity index (χ3n) is 1.65. The molecule has 0 radical (unpaired) electrons. The fourth-order valence-electron chi connectivity index (χ4n) is 0.961. The summed E-state index contributed by atoms with van der Waals surface area (Å²) in [4.78, 5) is 15.0. The minimum absolute atomic E-state index is 0.324. The van der Waals surface area contributed by atoms with Crippen LogP contribution in [0.25, 0.3) is 0 Å². The number of hydrogen-bond acceptors (Lipinski definition) is 5. The van der Waals surface area contributed by atoms with Gasteiger partial charge in [0, 0.05) is 12.3 Å². The second-order valence-electron chi connectivity index (χ2n) is 2.43. The molecule has 5 nitrogen and oxygen atoms in total. The zero-order valence-corrected chi connectivity index (χ0v) is 8.23. The normalized spacial score (nSPS) is 9.36. The third-order valence-corrected chi connectivity index (χ3v) is 1.65. The fourth-order valence-corrected chi connectivity index (χ4v) is 0.961. The summed E-state index contributed by atoms with van der Waals surface area (Å²) in [5, 5.41) is 0. The average Bonchev–Trinajstić information content (AvgIpc) is 2.26. The lowest BCUT2D eigenvalue weighted by molar-refractivity contribution is 0.0599. The quantitative estimate of drug-likeness (QED) is 0.673. The summed E-state index contributed by atoms with van der Waals surface area (Å²) in [7, 11) is 4.25. The molecule has 0 fully saturated rings. The van der Waals surface area contributed by atoms with Crippen LogP contribution < -0.4 is 9.47 Å². The van der Waals surface area contributed by atoms with Gasteiger partial charge in [0.05, 0.1) is 26.9 Å². The smallest absolute Gasteiger partial charge is 0.339 e. The summed E-state index contributed by atoms with van der Waals surface area (Å²) in [5.74, 6) is 0.272. The maximum atomic E-state index is 11.1. The predicted molar refractivity (Wildman–Crippen MR) is 48.7 cm³/mol. The number of pyridine rings is 1. The summed E-state index contributed by atoms with van der Waals surface area (Å²) in [6.07, 6.45) is 1.37. The number of ether oxygens (including phenoxy) is 3. The Morgan fingerprint density at radius 1 is 1.29 bits per heavy atom. The van der Waals surface area contributed by atoms with Crippen molar-refractivity contribution in [3.8, 4) is 11.6 Å². The first-order valence-electron chi connectivity index (χ1n) is 3.89. The van der Waals surface area contributed by atoms with Gasteiger partial charge in [0.1, 0.15) is 0 Å². The molecule has 0 atom stereocenters. The summed E-state index contributed by atoms with van der Waals surface area (Å²) in [5.41, 5.74) is 0.324. The van der Waals surface area contributed by atoms with Gasteiger partial charge in [-0.2, -0.15) is 0 Å². The minimum Gasteiger partial charge on any atom is -0.491 e. The van der Waals surface area contributed by atoms with Crippen LogP contribution >= 0.6 is 0 Å². The monoisotopic (exact) mass is 197 g/mol. The van der Waals surface area contributed by atoms with Crippen LogP contribution in [0.3, 0.4) is 0 Å². The van der Waals surface area contributed by atoms with E-state index in [0.717, 1.165) is 0 Å². The summed E-state index contributed by atoms with van der Waals surface area (Å²) in [6, 6.07) is 1.51. The van der Waals surface area contributed by atoms with Crippen LogP contribution in [0, 0.1) is 0 Å². The molecule has 5 heteroatoms. The first-order valence-corrected chi connectivity index (χ1v) is 3.89. The molecule has 0 aromatic carbocycles. The lowest BCUT2D eigenvalue weighted by Crippen LogP contribution is -2.03. The number of esters is 1. The molecular formula is C9H11NO4. The van der Waals surface area contributed by atoms with Crippen LogP contribution in [0.15, 0.2) is 12.3 Å². The van der Waals surface area contributed by atoms with Crippen LogP contribution in [-0.2, 0) is 4.74 Å². The van der Waals surface area contributed by atoms with E-state index < -0.39 is 5.97 Å².